The number of thiazole rings is 1. The Hall–Kier alpha value is -2.00. The van der Waals surface area contributed by atoms with Gasteiger partial charge in [-0.05, 0) is 30.3 Å². The van der Waals surface area contributed by atoms with Gasteiger partial charge in [0.1, 0.15) is 0 Å². The summed E-state index contributed by atoms with van der Waals surface area (Å²) >= 11 is 7.33. The summed E-state index contributed by atoms with van der Waals surface area (Å²) in [6.07, 6.45) is 1.16. The fraction of sp³-hybridized carbons (Fsp3) is 0.222. The number of nitrogens with zero attached hydrogens (tertiary/aromatic N) is 2. The van der Waals surface area contributed by atoms with E-state index >= 15 is 0 Å². The number of hydrogen-bond donors (Lipinski definition) is 0. The highest BCUT2D eigenvalue weighted by Crippen LogP contribution is 2.22. The molecular formula is C18H17ClN2O4S2. The van der Waals surface area contributed by atoms with E-state index in [0.717, 1.165) is 16.5 Å². The zero-order chi connectivity index (χ0) is 19.6. The first-order chi connectivity index (χ1) is 12.8. The summed E-state index contributed by atoms with van der Waals surface area (Å²) in [5.74, 6) is -0.457. The van der Waals surface area contributed by atoms with Crippen LogP contribution >= 0.6 is 22.9 Å². The highest BCUT2D eigenvalue weighted by molar-refractivity contribution is 7.90. The van der Waals surface area contributed by atoms with Crippen molar-refractivity contribution in [3.8, 4) is 0 Å². The molecule has 3 rings (SSSR count). The predicted octanol–water partition coefficient (Wildman–Crippen LogP) is 3.15. The van der Waals surface area contributed by atoms with Gasteiger partial charge in [-0.2, -0.15) is 4.99 Å². The second-order valence-electron chi connectivity index (χ2n) is 5.83. The number of aromatic nitrogens is 1. The lowest BCUT2D eigenvalue weighted by atomic mass is 10.2. The summed E-state index contributed by atoms with van der Waals surface area (Å²) < 4.78 is 31.4. The lowest BCUT2D eigenvalue weighted by molar-refractivity contribution is 0.0997. The third-order valence-corrected chi connectivity index (χ3v) is 6.38. The normalized spacial score (nSPS) is 12.6. The first-order valence-corrected chi connectivity index (χ1v) is 11.1. The molecule has 0 aliphatic carbocycles. The fourth-order valence-electron chi connectivity index (χ4n) is 2.55. The van der Waals surface area contributed by atoms with Crippen LogP contribution in [-0.2, 0) is 21.1 Å². The molecule has 0 spiro atoms. The van der Waals surface area contributed by atoms with Crippen LogP contribution in [0.3, 0.4) is 0 Å². The van der Waals surface area contributed by atoms with Crippen LogP contribution in [0.5, 0.6) is 0 Å². The minimum atomic E-state index is -3.33. The van der Waals surface area contributed by atoms with E-state index in [0.29, 0.717) is 28.5 Å². The van der Waals surface area contributed by atoms with Crippen molar-refractivity contribution in [1.29, 1.82) is 0 Å². The molecule has 0 saturated carbocycles. The second kappa shape index (κ2) is 7.93. The topological polar surface area (TPSA) is 77.7 Å². The average Bonchev–Trinajstić information content (AvgIpc) is 2.95. The van der Waals surface area contributed by atoms with E-state index in [1.165, 1.54) is 11.3 Å². The Bertz CT molecular complexity index is 1180. The molecule has 0 unspecified atom stereocenters. The molecule has 0 atom stereocenters. The largest absolute Gasteiger partial charge is 0.383 e. The van der Waals surface area contributed by atoms with E-state index < -0.39 is 15.7 Å². The lowest BCUT2D eigenvalue weighted by Gasteiger charge is -2.05. The number of carbonyl (C=O) groups is 1. The monoisotopic (exact) mass is 424 g/mol. The molecule has 0 aliphatic rings. The summed E-state index contributed by atoms with van der Waals surface area (Å²) in [6, 6.07) is 11.6. The Kier molecular flexibility index (Phi) is 5.81. The van der Waals surface area contributed by atoms with Crippen LogP contribution in [0, 0.1) is 0 Å². The summed E-state index contributed by atoms with van der Waals surface area (Å²) in [6.45, 7) is 0.899. The fourth-order valence-corrected chi connectivity index (χ4v) is 4.58. The SMILES string of the molecule is COCCn1c(=NC(=O)c2ccccc2Cl)sc2cc(S(C)(=O)=O)ccc21. The van der Waals surface area contributed by atoms with E-state index in [1.54, 1.807) is 49.6 Å². The van der Waals surface area contributed by atoms with Crippen molar-refractivity contribution in [2.24, 2.45) is 4.99 Å². The van der Waals surface area contributed by atoms with Gasteiger partial charge in [-0.25, -0.2) is 8.42 Å². The maximum atomic E-state index is 12.6. The standard InChI is InChI=1S/C18H17ClN2O4S2/c1-25-10-9-21-15-8-7-12(27(2,23)24)11-16(15)26-18(21)20-17(22)13-5-3-4-6-14(13)19/h3-8,11H,9-10H2,1-2H3. The van der Waals surface area contributed by atoms with Crippen molar-refractivity contribution in [3.63, 3.8) is 0 Å². The van der Waals surface area contributed by atoms with Crippen LogP contribution in [-0.4, -0.2) is 38.9 Å². The molecule has 27 heavy (non-hydrogen) atoms. The first-order valence-electron chi connectivity index (χ1n) is 7.97. The molecule has 1 heterocycles. The first kappa shape index (κ1) is 19.8. The Balaban J connectivity index is 2.18. The van der Waals surface area contributed by atoms with Gasteiger partial charge in [0, 0.05) is 19.9 Å². The highest BCUT2D eigenvalue weighted by Gasteiger charge is 2.14. The summed E-state index contributed by atoms with van der Waals surface area (Å²) in [4.78, 5) is 17.5. The van der Waals surface area contributed by atoms with E-state index in [9.17, 15) is 13.2 Å². The smallest absolute Gasteiger partial charge is 0.281 e. The number of methoxy groups -OCH3 is 1. The van der Waals surface area contributed by atoms with Crippen molar-refractivity contribution in [1.82, 2.24) is 4.57 Å². The quantitative estimate of drug-likeness (QED) is 0.630. The average molecular weight is 425 g/mol. The molecule has 1 amide bonds. The molecule has 2 aromatic carbocycles. The van der Waals surface area contributed by atoms with Crippen molar-refractivity contribution in [2.45, 2.75) is 11.4 Å². The third kappa shape index (κ3) is 4.30. The van der Waals surface area contributed by atoms with Gasteiger partial charge in [0.15, 0.2) is 14.6 Å². The van der Waals surface area contributed by atoms with Crippen molar-refractivity contribution >= 4 is 48.9 Å². The Labute approximate surface area is 165 Å². The zero-order valence-corrected chi connectivity index (χ0v) is 17.1. The lowest BCUT2D eigenvalue weighted by Crippen LogP contribution is -2.19. The molecular weight excluding hydrogens is 408 g/mol. The molecule has 0 fully saturated rings. The third-order valence-electron chi connectivity index (χ3n) is 3.90. The maximum Gasteiger partial charge on any atom is 0.281 e. The number of rotatable bonds is 5. The number of sulfone groups is 1. The number of fused-ring (bicyclic) bond motifs is 1. The Morgan fingerprint density at radius 2 is 2.00 bits per heavy atom. The van der Waals surface area contributed by atoms with Crippen LogP contribution in [0.15, 0.2) is 52.4 Å². The van der Waals surface area contributed by atoms with Crippen molar-refractivity contribution in [2.75, 3.05) is 20.0 Å². The van der Waals surface area contributed by atoms with Crippen LogP contribution < -0.4 is 4.80 Å². The maximum absolute atomic E-state index is 12.6. The summed E-state index contributed by atoms with van der Waals surface area (Å²) in [7, 11) is -1.74. The van der Waals surface area contributed by atoms with Gasteiger partial charge in [-0.15, -0.1) is 0 Å². The summed E-state index contributed by atoms with van der Waals surface area (Å²) in [5.41, 5.74) is 1.10. The molecule has 3 aromatic rings. The number of halogens is 1. The Morgan fingerprint density at radius 3 is 2.67 bits per heavy atom. The second-order valence-corrected chi connectivity index (χ2v) is 9.26. The number of ether oxygens (including phenoxy) is 1. The minimum Gasteiger partial charge on any atom is -0.383 e. The predicted molar refractivity (Wildman–Crippen MR) is 106 cm³/mol. The highest BCUT2D eigenvalue weighted by atomic mass is 35.5. The summed E-state index contributed by atoms with van der Waals surface area (Å²) in [5, 5.41) is 0.329. The number of amides is 1. The molecule has 6 nitrogen and oxygen atoms in total. The molecule has 142 valence electrons. The van der Waals surface area contributed by atoms with Crippen molar-refractivity contribution < 1.29 is 17.9 Å². The van der Waals surface area contributed by atoms with E-state index in [1.807, 2.05) is 4.57 Å². The van der Waals surface area contributed by atoms with E-state index in [-0.39, 0.29) is 4.90 Å². The van der Waals surface area contributed by atoms with Crippen LogP contribution in [0.25, 0.3) is 10.2 Å². The number of hydrogen-bond acceptors (Lipinski definition) is 5. The molecule has 0 bridgehead atoms. The van der Waals surface area contributed by atoms with Gasteiger partial charge < -0.3 is 9.30 Å². The van der Waals surface area contributed by atoms with Gasteiger partial charge in [0.25, 0.3) is 5.91 Å². The molecule has 9 heteroatoms. The zero-order valence-electron chi connectivity index (χ0n) is 14.7. The Morgan fingerprint density at radius 1 is 1.26 bits per heavy atom. The minimum absolute atomic E-state index is 0.221. The molecule has 0 radical (unpaired) electrons. The van der Waals surface area contributed by atoms with E-state index in [4.69, 9.17) is 16.3 Å². The van der Waals surface area contributed by atoms with Gasteiger partial charge in [-0.3, -0.25) is 4.79 Å². The molecule has 0 saturated heterocycles. The van der Waals surface area contributed by atoms with Gasteiger partial charge in [0.05, 0.1) is 32.3 Å². The number of benzene rings is 2. The van der Waals surface area contributed by atoms with Crippen LogP contribution in [0.4, 0.5) is 0 Å². The van der Waals surface area contributed by atoms with Crippen molar-refractivity contribution in [3.05, 3.63) is 57.9 Å². The molecule has 0 N–H and O–H groups in total. The van der Waals surface area contributed by atoms with E-state index in [2.05, 4.69) is 4.99 Å². The van der Waals surface area contributed by atoms with Crippen LogP contribution in [0.2, 0.25) is 5.02 Å². The molecule has 1 aromatic heterocycles. The van der Waals surface area contributed by atoms with Gasteiger partial charge in [0.2, 0.25) is 0 Å². The molecule has 0 aliphatic heterocycles. The van der Waals surface area contributed by atoms with Gasteiger partial charge >= 0.3 is 0 Å². The number of carbonyl (C=O) groups excluding carboxylic acids is 1. The van der Waals surface area contributed by atoms with Crippen LogP contribution in [0.1, 0.15) is 10.4 Å². The van der Waals surface area contributed by atoms with Gasteiger partial charge in [-0.1, -0.05) is 35.1 Å².